The second kappa shape index (κ2) is 6.54. The highest BCUT2D eigenvalue weighted by atomic mass is 35.5. The second-order valence-electron chi connectivity index (χ2n) is 6.63. The molecule has 2 N–H and O–H groups in total. The summed E-state index contributed by atoms with van der Waals surface area (Å²) in [6, 6.07) is 18.1. The molecule has 0 radical (unpaired) electrons. The summed E-state index contributed by atoms with van der Waals surface area (Å²) < 4.78 is 0. The maximum Gasteiger partial charge on any atom is 0.264 e. The molecule has 2 aromatic carbocycles. The molecule has 25 heavy (non-hydrogen) atoms. The summed E-state index contributed by atoms with van der Waals surface area (Å²) in [4.78, 5) is 12.6. The van der Waals surface area contributed by atoms with Crippen molar-refractivity contribution in [2.24, 2.45) is 5.92 Å². The zero-order valence-corrected chi connectivity index (χ0v) is 14.7. The Hall–Kier alpha value is -2.30. The molecule has 5 heteroatoms. The van der Waals surface area contributed by atoms with Crippen molar-refractivity contribution in [3.63, 3.8) is 0 Å². The molecule has 0 spiro atoms. The smallest absolute Gasteiger partial charge is 0.264 e. The number of halogens is 1. The fourth-order valence-corrected chi connectivity index (χ4v) is 3.72. The van der Waals surface area contributed by atoms with Gasteiger partial charge >= 0.3 is 0 Å². The van der Waals surface area contributed by atoms with Gasteiger partial charge in [-0.15, -0.1) is 0 Å². The lowest BCUT2D eigenvalue weighted by Gasteiger charge is -2.33. The Morgan fingerprint density at radius 1 is 1.08 bits per heavy atom. The second-order valence-corrected chi connectivity index (χ2v) is 7.07. The van der Waals surface area contributed by atoms with Crippen molar-refractivity contribution in [2.45, 2.75) is 25.6 Å². The molecule has 2 aromatic rings. The van der Waals surface area contributed by atoms with Gasteiger partial charge in [0, 0.05) is 28.8 Å². The molecule has 3 atom stereocenters. The number of benzene rings is 2. The first kappa shape index (κ1) is 16.2. The molecule has 0 aromatic heterocycles. The van der Waals surface area contributed by atoms with Gasteiger partial charge in [-0.05, 0) is 36.6 Å². The van der Waals surface area contributed by atoms with Crippen LogP contribution in [0, 0.1) is 5.92 Å². The summed E-state index contributed by atoms with van der Waals surface area (Å²) in [5.74, 6) is 0.255. The van der Waals surface area contributed by atoms with Crippen molar-refractivity contribution in [3.05, 3.63) is 76.8 Å². The van der Waals surface area contributed by atoms with E-state index in [4.69, 9.17) is 11.6 Å². The molecule has 2 heterocycles. The van der Waals surface area contributed by atoms with Gasteiger partial charge in [-0.3, -0.25) is 9.80 Å². The van der Waals surface area contributed by atoms with Gasteiger partial charge in [0.25, 0.3) is 5.91 Å². The number of hydrogen-bond acceptors (Lipinski definition) is 3. The van der Waals surface area contributed by atoms with Gasteiger partial charge in [0.15, 0.2) is 0 Å². The lowest BCUT2D eigenvalue weighted by atomic mass is 9.91. The Morgan fingerprint density at radius 3 is 2.52 bits per heavy atom. The molecule has 1 saturated heterocycles. The number of nitrogens with zero attached hydrogens (tertiary/aromatic N) is 1. The van der Waals surface area contributed by atoms with Crippen LogP contribution in [-0.2, 0) is 11.2 Å². The summed E-state index contributed by atoms with van der Waals surface area (Å²) in [6.07, 6.45) is 2.46. The van der Waals surface area contributed by atoms with Crippen molar-refractivity contribution in [2.75, 3.05) is 0 Å². The van der Waals surface area contributed by atoms with E-state index < -0.39 is 0 Å². The lowest BCUT2D eigenvalue weighted by molar-refractivity contribution is -0.131. The molecule has 0 bridgehead atoms. The van der Waals surface area contributed by atoms with Crippen LogP contribution in [0.25, 0.3) is 5.70 Å². The van der Waals surface area contributed by atoms with Gasteiger partial charge in [0.2, 0.25) is 0 Å². The first-order chi connectivity index (χ1) is 12.1. The highest BCUT2D eigenvalue weighted by Gasteiger charge is 2.43. The monoisotopic (exact) mass is 353 g/mol. The average molecular weight is 354 g/mol. The van der Waals surface area contributed by atoms with Crippen molar-refractivity contribution in [1.82, 2.24) is 15.8 Å². The van der Waals surface area contributed by atoms with Crippen molar-refractivity contribution in [3.8, 4) is 0 Å². The van der Waals surface area contributed by atoms with E-state index >= 15 is 0 Å². The molecule has 4 nitrogen and oxygen atoms in total. The molecule has 0 saturated carbocycles. The fourth-order valence-electron chi connectivity index (χ4n) is 3.59. The first-order valence-corrected chi connectivity index (χ1v) is 8.87. The van der Waals surface area contributed by atoms with E-state index in [-0.39, 0.29) is 24.0 Å². The van der Waals surface area contributed by atoms with Crippen LogP contribution >= 0.6 is 11.6 Å². The quantitative estimate of drug-likeness (QED) is 0.890. The number of carbonyl (C=O) groups is 1. The molecule has 2 aliphatic rings. The number of hydrogen-bond donors (Lipinski definition) is 2. The molecule has 2 aliphatic heterocycles. The normalized spacial score (nSPS) is 25.4. The predicted octanol–water partition coefficient (Wildman–Crippen LogP) is 3.20. The number of fused-ring (bicyclic) bond motifs is 1. The topological polar surface area (TPSA) is 44.4 Å². The Kier molecular flexibility index (Phi) is 4.24. The highest BCUT2D eigenvalue weighted by Crippen LogP contribution is 2.30. The van der Waals surface area contributed by atoms with Crippen LogP contribution in [0.2, 0.25) is 5.02 Å². The van der Waals surface area contributed by atoms with E-state index in [0.717, 1.165) is 22.7 Å². The van der Waals surface area contributed by atoms with Crippen LogP contribution in [0.5, 0.6) is 0 Å². The molecular weight excluding hydrogens is 334 g/mol. The van der Waals surface area contributed by atoms with Crippen LogP contribution in [0.1, 0.15) is 18.1 Å². The first-order valence-electron chi connectivity index (χ1n) is 8.49. The van der Waals surface area contributed by atoms with E-state index in [9.17, 15) is 4.79 Å². The van der Waals surface area contributed by atoms with Crippen molar-refractivity contribution in [1.29, 1.82) is 0 Å². The summed E-state index contributed by atoms with van der Waals surface area (Å²) in [7, 11) is 0. The Bertz CT molecular complexity index is 803. The van der Waals surface area contributed by atoms with Crippen LogP contribution in [0.4, 0.5) is 0 Å². The standard InChI is InChI=1S/C20H20ClN3O/c1-13-17(11-14-7-9-16(21)10-8-14)20-22-18(12-19(25)24(20)23-13)15-5-3-2-4-6-15/h2-10,12-13,17,20,22-23H,11H2,1H3. The van der Waals surface area contributed by atoms with Crippen LogP contribution in [-0.4, -0.2) is 23.1 Å². The number of nitrogens with one attached hydrogen (secondary N) is 2. The number of rotatable bonds is 3. The molecule has 4 rings (SSSR count). The van der Waals surface area contributed by atoms with Gasteiger partial charge in [0.05, 0.1) is 0 Å². The molecule has 3 unspecified atom stereocenters. The minimum absolute atomic E-state index is 0.00643. The van der Waals surface area contributed by atoms with E-state index in [1.54, 1.807) is 11.1 Å². The SMILES string of the molecule is CC1NN2C(=O)C=C(c3ccccc3)NC2C1Cc1ccc(Cl)cc1. The van der Waals surface area contributed by atoms with Gasteiger partial charge < -0.3 is 5.32 Å². The third kappa shape index (κ3) is 3.15. The third-order valence-electron chi connectivity index (χ3n) is 4.95. The van der Waals surface area contributed by atoms with Crippen LogP contribution in [0.15, 0.2) is 60.7 Å². The van der Waals surface area contributed by atoms with Crippen molar-refractivity contribution < 1.29 is 4.79 Å². The molecular formula is C20H20ClN3O. The van der Waals surface area contributed by atoms with Gasteiger partial charge in [-0.2, -0.15) is 0 Å². The zero-order chi connectivity index (χ0) is 17.4. The Balaban J connectivity index is 1.59. The Morgan fingerprint density at radius 2 is 1.80 bits per heavy atom. The average Bonchev–Trinajstić information content (AvgIpc) is 2.94. The zero-order valence-electron chi connectivity index (χ0n) is 13.9. The Labute approximate surface area is 152 Å². The lowest BCUT2D eigenvalue weighted by Crippen LogP contribution is -2.53. The summed E-state index contributed by atoms with van der Waals surface area (Å²) in [6.45, 7) is 2.12. The third-order valence-corrected chi connectivity index (χ3v) is 5.20. The summed E-state index contributed by atoms with van der Waals surface area (Å²) in [5, 5.41) is 6.01. The van der Waals surface area contributed by atoms with E-state index in [0.29, 0.717) is 0 Å². The largest absolute Gasteiger partial charge is 0.363 e. The number of amides is 1. The maximum atomic E-state index is 12.6. The molecule has 128 valence electrons. The molecule has 1 fully saturated rings. The fraction of sp³-hybridized carbons (Fsp3) is 0.250. The van der Waals surface area contributed by atoms with E-state index in [1.807, 2.05) is 42.5 Å². The number of carbonyl (C=O) groups excluding carboxylic acids is 1. The highest BCUT2D eigenvalue weighted by molar-refractivity contribution is 6.30. The van der Waals surface area contributed by atoms with Crippen LogP contribution < -0.4 is 10.7 Å². The maximum absolute atomic E-state index is 12.6. The van der Waals surface area contributed by atoms with Gasteiger partial charge in [-0.1, -0.05) is 54.1 Å². The van der Waals surface area contributed by atoms with E-state index in [1.165, 1.54) is 5.56 Å². The molecule has 0 aliphatic carbocycles. The minimum atomic E-state index is -0.0709. The molecule has 1 amide bonds. The van der Waals surface area contributed by atoms with E-state index in [2.05, 4.69) is 29.8 Å². The number of hydrazine groups is 1. The van der Waals surface area contributed by atoms with Gasteiger partial charge in [0.1, 0.15) is 6.17 Å². The summed E-state index contributed by atoms with van der Waals surface area (Å²) in [5.41, 5.74) is 6.43. The van der Waals surface area contributed by atoms with Crippen LogP contribution in [0.3, 0.4) is 0 Å². The minimum Gasteiger partial charge on any atom is -0.363 e. The summed E-state index contributed by atoms with van der Waals surface area (Å²) >= 11 is 5.99. The van der Waals surface area contributed by atoms with Gasteiger partial charge in [-0.25, -0.2) is 5.43 Å². The predicted molar refractivity (Wildman–Crippen MR) is 99.4 cm³/mol. The van der Waals surface area contributed by atoms with Crippen molar-refractivity contribution >= 4 is 23.2 Å².